The Hall–Kier alpha value is -1.98. The summed E-state index contributed by atoms with van der Waals surface area (Å²) in [4.78, 5) is 22.3. The first kappa shape index (κ1) is 13.5. The van der Waals surface area contributed by atoms with Crippen molar-refractivity contribution in [2.45, 2.75) is 0 Å². The number of nitro groups is 1. The molecular weight excluding hydrogens is 286 g/mol. The lowest BCUT2D eigenvalue weighted by Crippen LogP contribution is -1.89. The van der Waals surface area contributed by atoms with Gasteiger partial charge < -0.3 is 0 Å². The molecule has 0 amide bonds. The molecule has 6 heteroatoms. The van der Waals surface area contributed by atoms with Gasteiger partial charge in [-0.25, -0.2) is 0 Å². The van der Waals surface area contributed by atoms with Crippen LogP contribution >= 0.6 is 22.9 Å². The van der Waals surface area contributed by atoms with E-state index in [1.165, 1.54) is 29.5 Å². The molecule has 0 unspecified atom stereocenters. The quantitative estimate of drug-likeness (QED) is 0.367. The summed E-state index contributed by atoms with van der Waals surface area (Å²) in [6, 6.07) is 9.29. The number of non-ortho nitro benzene ring substituents is 1. The van der Waals surface area contributed by atoms with Crippen molar-refractivity contribution < 1.29 is 9.72 Å². The number of nitro benzene ring substituents is 1. The van der Waals surface area contributed by atoms with Crippen molar-refractivity contribution in [2.75, 3.05) is 0 Å². The van der Waals surface area contributed by atoms with Crippen LogP contribution in [0.1, 0.15) is 15.2 Å². The molecule has 0 bridgehead atoms. The van der Waals surface area contributed by atoms with Gasteiger partial charge in [-0.3, -0.25) is 14.9 Å². The SMILES string of the molecule is O=C(/C=C/c1ccc([N+](=O)[O-])cc1)c1ccc(Cl)s1. The largest absolute Gasteiger partial charge is 0.288 e. The number of ketones is 1. The van der Waals surface area contributed by atoms with Crippen LogP contribution in [0.5, 0.6) is 0 Å². The predicted octanol–water partition coefficient (Wildman–Crippen LogP) is 4.21. The number of nitrogens with zero attached hydrogens (tertiary/aromatic N) is 1. The minimum atomic E-state index is -0.466. The summed E-state index contributed by atoms with van der Waals surface area (Å²) in [5.74, 6) is -0.143. The maximum atomic E-state index is 11.8. The summed E-state index contributed by atoms with van der Waals surface area (Å²) < 4.78 is 0.562. The van der Waals surface area contributed by atoms with Gasteiger partial charge in [-0.15, -0.1) is 11.3 Å². The van der Waals surface area contributed by atoms with Crippen LogP contribution in [0.25, 0.3) is 6.08 Å². The van der Waals surface area contributed by atoms with Crippen molar-refractivity contribution >= 4 is 40.5 Å². The summed E-state index contributed by atoms with van der Waals surface area (Å²) >= 11 is 6.96. The molecule has 0 aliphatic rings. The molecule has 0 saturated heterocycles. The molecule has 0 atom stereocenters. The van der Waals surface area contributed by atoms with Crippen LogP contribution < -0.4 is 0 Å². The van der Waals surface area contributed by atoms with Crippen molar-refractivity contribution in [1.29, 1.82) is 0 Å². The number of carbonyl (C=O) groups excluding carboxylic acids is 1. The average molecular weight is 294 g/mol. The topological polar surface area (TPSA) is 60.2 Å². The third kappa shape index (κ3) is 3.49. The van der Waals surface area contributed by atoms with E-state index >= 15 is 0 Å². The van der Waals surface area contributed by atoms with E-state index in [2.05, 4.69) is 0 Å². The first-order chi connectivity index (χ1) is 9.06. The fourth-order valence-electron chi connectivity index (χ4n) is 1.41. The number of rotatable bonds is 4. The second kappa shape index (κ2) is 5.77. The zero-order valence-corrected chi connectivity index (χ0v) is 11.1. The van der Waals surface area contributed by atoms with E-state index in [1.807, 2.05) is 0 Å². The Labute approximate surface area is 118 Å². The number of halogens is 1. The Morgan fingerprint density at radius 2 is 1.89 bits per heavy atom. The van der Waals surface area contributed by atoms with Gasteiger partial charge in [-0.2, -0.15) is 0 Å². The normalized spacial score (nSPS) is 10.8. The molecular formula is C13H8ClNO3S. The maximum absolute atomic E-state index is 11.8. The van der Waals surface area contributed by atoms with Gasteiger partial charge in [0.1, 0.15) is 0 Å². The fraction of sp³-hybridized carbons (Fsp3) is 0. The number of benzene rings is 1. The lowest BCUT2D eigenvalue weighted by molar-refractivity contribution is -0.384. The molecule has 2 aromatic rings. The van der Waals surface area contributed by atoms with Crippen molar-refractivity contribution in [3.05, 3.63) is 67.4 Å². The van der Waals surface area contributed by atoms with Gasteiger partial charge in [0, 0.05) is 12.1 Å². The van der Waals surface area contributed by atoms with Gasteiger partial charge in [0.05, 0.1) is 14.1 Å². The fourth-order valence-corrected chi connectivity index (χ4v) is 2.37. The first-order valence-corrected chi connectivity index (χ1v) is 6.48. The molecule has 0 radical (unpaired) electrons. The Bertz CT molecular complexity index is 646. The van der Waals surface area contributed by atoms with Gasteiger partial charge in [-0.1, -0.05) is 17.7 Å². The highest BCUT2D eigenvalue weighted by molar-refractivity contribution is 7.18. The molecule has 19 heavy (non-hydrogen) atoms. The van der Waals surface area contributed by atoms with Crippen LogP contribution in [0.2, 0.25) is 4.34 Å². The van der Waals surface area contributed by atoms with Crippen LogP contribution in [0, 0.1) is 10.1 Å². The van der Waals surface area contributed by atoms with Gasteiger partial charge in [0.15, 0.2) is 5.78 Å². The van der Waals surface area contributed by atoms with Crippen LogP contribution in [-0.2, 0) is 0 Å². The highest BCUT2D eigenvalue weighted by Gasteiger charge is 2.05. The Kier molecular flexibility index (Phi) is 4.09. The predicted molar refractivity (Wildman–Crippen MR) is 75.8 cm³/mol. The van der Waals surface area contributed by atoms with Crippen molar-refractivity contribution in [1.82, 2.24) is 0 Å². The molecule has 4 nitrogen and oxygen atoms in total. The summed E-state index contributed by atoms with van der Waals surface area (Å²) in [5.41, 5.74) is 0.745. The number of allylic oxidation sites excluding steroid dienone is 1. The molecule has 0 aliphatic carbocycles. The van der Waals surface area contributed by atoms with Crippen LogP contribution in [0.15, 0.2) is 42.5 Å². The third-order valence-corrected chi connectivity index (χ3v) is 3.59. The van der Waals surface area contributed by atoms with E-state index in [9.17, 15) is 14.9 Å². The lowest BCUT2D eigenvalue weighted by Gasteiger charge is -1.93. The zero-order valence-electron chi connectivity index (χ0n) is 9.58. The Morgan fingerprint density at radius 3 is 2.42 bits per heavy atom. The summed E-state index contributed by atoms with van der Waals surface area (Å²) in [6.07, 6.45) is 3.03. The Balaban J connectivity index is 2.10. The van der Waals surface area contributed by atoms with Gasteiger partial charge in [-0.05, 0) is 35.9 Å². The van der Waals surface area contributed by atoms with E-state index in [0.717, 1.165) is 5.56 Å². The van der Waals surface area contributed by atoms with Gasteiger partial charge in [0.2, 0.25) is 0 Å². The highest BCUT2D eigenvalue weighted by atomic mass is 35.5. The molecule has 0 fully saturated rings. The van der Waals surface area contributed by atoms with E-state index in [4.69, 9.17) is 11.6 Å². The molecule has 0 saturated carbocycles. The van der Waals surface area contributed by atoms with Crippen LogP contribution in [0.3, 0.4) is 0 Å². The number of hydrogen-bond donors (Lipinski definition) is 0. The van der Waals surface area contributed by atoms with E-state index in [1.54, 1.807) is 30.3 Å². The standard InChI is InChI=1S/C13H8ClNO3S/c14-13-8-7-12(19-13)11(16)6-3-9-1-4-10(5-2-9)15(17)18/h1-8H/b6-3+. The van der Waals surface area contributed by atoms with E-state index < -0.39 is 4.92 Å². The second-order valence-corrected chi connectivity index (χ2v) is 5.37. The lowest BCUT2D eigenvalue weighted by atomic mass is 10.1. The third-order valence-electron chi connectivity index (χ3n) is 2.35. The average Bonchev–Trinajstić information content (AvgIpc) is 2.83. The van der Waals surface area contributed by atoms with Crippen molar-refractivity contribution in [2.24, 2.45) is 0 Å². The smallest absolute Gasteiger partial charge is 0.269 e. The number of carbonyl (C=O) groups is 1. The number of thiophene rings is 1. The van der Waals surface area contributed by atoms with Crippen molar-refractivity contribution in [3.63, 3.8) is 0 Å². The van der Waals surface area contributed by atoms with Crippen LogP contribution in [0.4, 0.5) is 5.69 Å². The van der Waals surface area contributed by atoms with Crippen molar-refractivity contribution in [3.8, 4) is 0 Å². The zero-order chi connectivity index (χ0) is 13.8. The van der Waals surface area contributed by atoms with Crippen LogP contribution in [-0.4, -0.2) is 10.7 Å². The molecule has 2 rings (SSSR count). The summed E-state index contributed by atoms with van der Waals surface area (Å²) in [5, 5.41) is 10.5. The Morgan fingerprint density at radius 1 is 1.21 bits per heavy atom. The summed E-state index contributed by atoms with van der Waals surface area (Å²) in [7, 11) is 0. The van der Waals surface area contributed by atoms with Gasteiger partial charge in [0.25, 0.3) is 5.69 Å². The molecule has 0 N–H and O–H groups in total. The minimum Gasteiger partial charge on any atom is -0.288 e. The molecule has 1 aromatic carbocycles. The second-order valence-electron chi connectivity index (χ2n) is 3.65. The molecule has 0 spiro atoms. The monoisotopic (exact) mass is 293 g/mol. The molecule has 1 heterocycles. The van der Waals surface area contributed by atoms with E-state index in [-0.39, 0.29) is 11.5 Å². The minimum absolute atomic E-state index is 0.0218. The molecule has 96 valence electrons. The molecule has 1 aromatic heterocycles. The highest BCUT2D eigenvalue weighted by Crippen LogP contribution is 2.22. The first-order valence-electron chi connectivity index (χ1n) is 5.28. The van der Waals surface area contributed by atoms with E-state index in [0.29, 0.717) is 9.21 Å². The maximum Gasteiger partial charge on any atom is 0.269 e. The summed E-state index contributed by atoms with van der Waals surface area (Å²) in [6.45, 7) is 0. The van der Waals surface area contributed by atoms with Gasteiger partial charge >= 0.3 is 0 Å². The number of hydrogen-bond acceptors (Lipinski definition) is 4. The molecule has 0 aliphatic heterocycles.